The summed E-state index contributed by atoms with van der Waals surface area (Å²) in [7, 11) is 0. The van der Waals surface area contributed by atoms with Gasteiger partial charge in [-0.05, 0) is 49.0 Å². The zero-order valence-electron chi connectivity index (χ0n) is 19.7. The fourth-order valence-electron chi connectivity index (χ4n) is 6.70. The third-order valence-electron chi connectivity index (χ3n) is 8.59. The monoisotopic (exact) mass is 454 g/mol. The summed E-state index contributed by atoms with van der Waals surface area (Å²) in [5, 5.41) is 0. The van der Waals surface area contributed by atoms with E-state index in [9.17, 15) is 9.59 Å². The van der Waals surface area contributed by atoms with Gasteiger partial charge in [0.15, 0.2) is 0 Å². The van der Waals surface area contributed by atoms with Crippen LogP contribution in [0.5, 0.6) is 0 Å². The molecule has 3 amide bonds. The Hall–Kier alpha value is -2.12. The molecule has 7 nitrogen and oxygen atoms in total. The lowest BCUT2D eigenvalue weighted by molar-refractivity contribution is -0.145. The molecule has 1 aromatic carbocycles. The molecule has 3 aliphatic heterocycles. The number of benzene rings is 1. The number of amides is 3. The molecule has 0 radical (unpaired) electrons. The van der Waals surface area contributed by atoms with Crippen molar-refractivity contribution in [2.24, 2.45) is 17.1 Å². The molecule has 1 aromatic rings. The molecule has 2 N–H and O–H groups in total. The highest BCUT2D eigenvalue weighted by atomic mass is 16.5. The van der Waals surface area contributed by atoms with Gasteiger partial charge >= 0.3 is 6.03 Å². The summed E-state index contributed by atoms with van der Waals surface area (Å²) in [5.41, 5.74) is 7.64. The van der Waals surface area contributed by atoms with Gasteiger partial charge in [0.1, 0.15) is 6.61 Å². The number of nitrogens with zero attached hydrogens (tertiary/aromatic N) is 3. The lowest BCUT2D eigenvalue weighted by atomic mass is 9.69. The number of rotatable bonds is 3. The molecule has 5 rings (SSSR count). The molecule has 7 heteroatoms. The lowest BCUT2D eigenvalue weighted by Crippen LogP contribution is -2.58. The Bertz CT molecular complexity index is 841. The number of carbonyl (C=O) groups excluding carboxylic acids is 2. The molecular weight excluding hydrogens is 416 g/mol. The van der Waals surface area contributed by atoms with E-state index in [0.717, 1.165) is 58.3 Å². The summed E-state index contributed by atoms with van der Waals surface area (Å²) >= 11 is 0. The largest absolute Gasteiger partial charge is 0.370 e. The molecule has 1 saturated carbocycles. The molecule has 180 valence electrons. The minimum absolute atomic E-state index is 0.0469. The average Bonchev–Trinajstić information content (AvgIpc) is 3.30. The molecule has 4 fully saturated rings. The van der Waals surface area contributed by atoms with Crippen LogP contribution in [0.2, 0.25) is 0 Å². The van der Waals surface area contributed by atoms with Gasteiger partial charge in [-0.15, -0.1) is 0 Å². The van der Waals surface area contributed by atoms with Gasteiger partial charge in [-0.25, -0.2) is 4.79 Å². The summed E-state index contributed by atoms with van der Waals surface area (Å²) in [4.78, 5) is 32.4. The van der Waals surface area contributed by atoms with Gasteiger partial charge in [-0.3, -0.25) is 4.79 Å². The molecule has 1 spiro atoms. The van der Waals surface area contributed by atoms with Crippen molar-refractivity contribution in [2.45, 2.75) is 57.0 Å². The highest BCUT2D eigenvalue weighted by Crippen LogP contribution is 2.49. The van der Waals surface area contributed by atoms with Crippen LogP contribution in [0.15, 0.2) is 30.3 Å². The normalized spacial score (nSPS) is 30.2. The molecule has 1 unspecified atom stereocenters. The van der Waals surface area contributed by atoms with Crippen LogP contribution in [0.1, 0.15) is 56.6 Å². The van der Waals surface area contributed by atoms with Crippen molar-refractivity contribution in [3.63, 3.8) is 0 Å². The second-order valence-corrected chi connectivity index (χ2v) is 10.6. The van der Waals surface area contributed by atoms with Crippen molar-refractivity contribution in [3.8, 4) is 0 Å². The Labute approximate surface area is 197 Å². The molecule has 3 heterocycles. The quantitative estimate of drug-likeness (QED) is 0.762. The number of urea groups is 1. The van der Waals surface area contributed by atoms with Crippen molar-refractivity contribution < 1.29 is 14.3 Å². The van der Waals surface area contributed by atoms with Crippen LogP contribution in [-0.4, -0.2) is 78.6 Å². The van der Waals surface area contributed by atoms with Gasteiger partial charge in [0, 0.05) is 38.8 Å². The maximum atomic E-state index is 13.9. The minimum atomic E-state index is 0.0469. The standard InChI is InChI=1S/C26H38N4O3/c27-22-9-13-30(23(16-22)20-6-2-1-3-7-20)25(32)29-12-8-21(26(19-29)10-4-5-11-26)17-28-14-15-33-18-24(28)31/h1-3,6-7,21-23H,4-5,8-19,27H2/t21?,22-,23+/m1/s1. The fraction of sp³-hybridized carbons (Fsp3) is 0.692. The second-order valence-electron chi connectivity index (χ2n) is 10.6. The number of likely N-dealkylation sites (tertiary alicyclic amines) is 2. The van der Waals surface area contributed by atoms with Crippen molar-refractivity contribution >= 4 is 11.9 Å². The highest BCUT2D eigenvalue weighted by molar-refractivity contribution is 5.78. The number of morpholine rings is 1. The number of hydrogen-bond donors (Lipinski definition) is 1. The van der Waals surface area contributed by atoms with Gasteiger partial charge in [0.2, 0.25) is 5.91 Å². The Kier molecular flexibility index (Phi) is 6.61. The van der Waals surface area contributed by atoms with Gasteiger partial charge in [-0.2, -0.15) is 0 Å². The molecule has 0 aromatic heterocycles. The van der Waals surface area contributed by atoms with Gasteiger partial charge in [-0.1, -0.05) is 43.2 Å². The van der Waals surface area contributed by atoms with E-state index in [2.05, 4.69) is 21.9 Å². The number of carbonyl (C=O) groups is 2. The molecular formula is C26H38N4O3. The first kappa shape index (κ1) is 22.7. The average molecular weight is 455 g/mol. The molecule has 4 aliphatic rings. The minimum Gasteiger partial charge on any atom is -0.370 e. The zero-order valence-corrected chi connectivity index (χ0v) is 19.7. The number of hydrogen-bond acceptors (Lipinski definition) is 4. The van der Waals surface area contributed by atoms with Crippen molar-refractivity contribution in [1.82, 2.24) is 14.7 Å². The molecule has 3 saturated heterocycles. The Balaban J connectivity index is 1.31. The van der Waals surface area contributed by atoms with E-state index in [0.29, 0.717) is 19.1 Å². The molecule has 3 atom stereocenters. The number of piperidine rings is 2. The second kappa shape index (κ2) is 9.63. The first-order chi connectivity index (χ1) is 16.1. The summed E-state index contributed by atoms with van der Waals surface area (Å²) in [6.07, 6.45) is 7.41. The third-order valence-corrected chi connectivity index (χ3v) is 8.59. The van der Waals surface area contributed by atoms with Crippen LogP contribution in [-0.2, 0) is 9.53 Å². The van der Waals surface area contributed by atoms with E-state index in [1.807, 2.05) is 23.1 Å². The number of ether oxygens (including phenoxy) is 1. The number of nitrogens with two attached hydrogens (primary N) is 1. The third kappa shape index (κ3) is 4.62. The van der Waals surface area contributed by atoms with Crippen molar-refractivity contribution in [3.05, 3.63) is 35.9 Å². The molecule has 0 bridgehead atoms. The predicted molar refractivity (Wildman–Crippen MR) is 126 cm³/mol. The maximum absolute atomic E-state index is 13.9. The van der Waals surface area contributed by atoms with E-state index in [4.69, 9.17) is 10.5 Å². The Morgan fingerprint density at radius 1 is 1.09 bits per heavy atom. The Morgan fingerprint density at radius 2 is 1.88 bits per heavy atom. The fourth-order valence-corrected chi connectivity index (χ4v) is 6.70. The van der Waals surface area contributed by atoms with Crippen LogP contribution in [0, 0.1) is 11.3 Å². The van der Waals surface area contributed by atoms with Crippen LogP contribution in [0.25, 0.3) is 0 Å². The Morgan fingerprint density at radius 3 is 2.64 bits per heavy atom. The van der Waals surface area contributed by atoms with Crippen molar-refractivity contribution in [1.29, 1.82) is 0 Å². The van der Waals surface area contributed by atoms with E-state index < -0.39 is 0 Å². The van der Waals surface area contributed by atoms with E-state index in [1.54, 1.807) is 0 Å². The topological polar surface area (TPSA) is 79.1 Å². The molecule has 1 aliphatic carbocycles. The van der Waals surface area contributed by atoms with Crippen molar-refractivity contribution in [2.75, 3.05) is 45.9 Å². The highest BCUT2D eigenvalue weighted by Gasteiger charge is 2.48. The van der Waals surface area contributed by atoms with Crippen LogP contribution in [0.4, 0.5) is 4.79 Å². The van der Waals surface area contributed by atoms with Gasteiger partial charge < -0.3 is 25.2 Å². The lowest BCUT2D eigenvalue weighted by Gasteiger charge is -2.50. The SMILES string of the molecule is N[C@@H]1CCN(C(=O)N2CCC(CN3CCOCC3=O)C3(CCCC3)C2)[C@H](c2ccccc2)C1. The predicted octanol–water partition coefficient (Wildman–Crippen LogP) is 3.01. The summed E-state index contributed by atoms with van der Waals surface area (Å²) in [6, 6.07) is 10.7. The summed E-state index contributed by atoms with van der Waals surface area (Å²) in [5.74, 6) is 0.578. The summed E-state index contributed by atoms with van der Waals surface area (Å²) in [6.45, 7) is 4.66. The maximum Gasteiger partial charge on any atom is 0.320 e. The zero-order chi connectivity index (χ0) is 22.8. The van der Waals surface area contributed by atoms with E-state index in [1.165, 1.54) is 18.4 Å². The smallest absolute Gasteiger partial charge is 0.320 e. The van der Waals surface area contributed by atoms with E-state index >= 15 is 0 Å². The van der Waals surface area contributed by atoms with Gasteiger partial charge in [0.25, 0.3) is 0 Å². The first-order valence-corrected chi connectivity index (χ1v) is 12.8. The van der Waals surface area contributed by atoms with E-state index in [-0.39, 0.29) is 36.0 Å². The van der Waals surface area contributed by atoms with Crippen LogP contribution >= 0.6 is 0 Å². The van der Waals surface area contributed by atoms with Crippen LogP contribution in [0.3, 0.4) is 0 Å². The molecule has 33 heavy (non-hydrogen) atoms. The first-order valence-electron chi connectivity index (χ1n) is 12.8. The summed E-state index contributed by atoms with van der Waals surface area (Å²) < 4.78 is 5.33. The van der Waals surface area contributed by atoms with Gasteiger partial charge in [0.05, 0.1) is 12.6 Å². The van der Waals surface area contributed by atoms with Crippen LogP contribution < -0.4 is 5.73 Å².